The highest BCUT2D eigenvalue weighted by Crippen LogP contribution is 2.16. The predicted molar refractivity (Wildman–Crippen MR) is 63.8 cm³/mol. The molecule has 1 aromatic rings. The number of rotatable bonds is 7. The summed E-state index contributed by atoms with van der Waals surface area (Å²) in [6, 6.07) is 2.03. The lowest BCUT2D eigenvalue weighted by atomic mass is 10.5. The van der Waals surface area contributed by atoms with Gasteiger partial charge in [-0.05, 0) is 16.0 Å². The molecule has 0 aliphatic heterocycles. The molecule has 1 aromatic heterocycles. The van der Waals surface area contributed by atoms with Gasteiger partial charge in [0.05, 0.1) is 13.2 Å². The van der Waals surface area contributed by atoms with Crippen LogP contribution in [0.5, 0.6) is 0 Å². The molecule has 0 saturated heterocycles. The normalized spacial score (nSPS) is 11.7. The van der Waals surface area contributed by atoms with Gasteiger partial charge >= 0.3 is 5.82 Å². The quantitative estimate of drug-likeness (QED) is 0.484. The lowest BCUT2D eigenvalue weighted by Gasteiger charge is -2.19. The summed E-state index contributed by atoms with van der Waals surface area (Å²) in [6.45, 7) is -1.17. The first-order valence-electron chi connectivity index (χ1n) is 5.25. The summed E-state index contributed by atoms with van der Waals surface area (Å²) in [6.07, 6.45) is 0.870. The molecule has 0 fully saturated rings. The Kier molecular flexibility index (Phi) is 5.30. The van der Waals surface area contributed by atoms with Gasteiger partial charge in [-0.1, -0.05) is 0 Å². The zero-order chi connectivity index (χ0) is 14.5. The van der Waals surface area contributed by atoms with E-state index in [4.69, 9.17) is 10.2 Å². The van der Waals surface area contributed by atoms with Gasteiger partial charge in [0.2, 0.25) is 10.0 Å². The molecule has 19 heavy (non-hydrogen) atoms. The molecule has 0 radical (unpaired) electrons. The Labute approximate surface area is 109 Å². The van der Waals surface area contributed by atoms with E-state index in [1.807, 2.05) is 0 Å². The lowest BCUT2D eigenvalue weighted by molar-refractivity contribution is -0.389. The van der Waals surface area contributed by atoms with Gasteiger partial charge in [-0.25, -0.2) is 8.42 Å². The molecule has 106 valence electrons. The van der Waals surface area contributed by atoms with Gasteiger partial charge in [0.15, 0.2) is 6.20 Å². The van der Waals surface area contributed by atoms with Crippen LogP contribution in [0.4, 0.5) is 5.82 Å². The van der Waals surface area contributed by atoms with E-state index in [0.717, 1.165) is 22.6 Å². The second kappa shape index (κ2) is 6.52. The van der Waals surface area contributed by atoms with Crippen LogP contribution in [0.1, 0.15) is 0 Å². The molecule has 2 N–H and O–H groups in total. The molecule has 0 amide bonds. The molecule has 9 nitrogen and oxygen atoms in total. The smallest absolute Gasteiger partial charge is 0.363 e. The maximum Gasteiger partial charge on any atom is 0.363 e. The number of nitrogens with zero attached hydrogens (tertiary/aromatic N) is 3. The predicted octanol–water partition coefficient (Wildman–Crippen LogP) is -1.03. The van der Waals surface area contributed by atoms with Crippen LogP contribution in [0.2, 0.25) is 0 Å². The Bertz CT molecular complexity index is 523. The van der Waals surface area contributed by atoms with Gasteiger partial charge < -0.3 is 20.3 Å². The van der Waals surface area contributed by atoms with Crippen LogP contribution in [0.3, 0.4) is 0 Å². The minimum absolute atomic E-state index is 0.181. The van der Waals surface area contributed by atoms with Crippen molar-refractivity contribution in [1.82, 2.24) is 9.29 Å². The number of nitro groups is 1. The molecule has 0 aliphatic rings. The van der Waals surface area contributed by atoms with Gasteiger partial charge in [0.25, 0.3) is 0 Å². The van der Waals surface area contributed by atoms with Crippen LogP contribution >= 0.6 is 0 Å². The molecule has 0 spiro atoms. The SMILES string of the molecule is O=[N+]([O-])c1ccc(S(=O)(=O)N(CCO)CCO)cn1. The number of pyridine rings is 1. The second-order valence-corrected chi connectivity index (χ2v) is 5.40. The lowest BCUT2D eigenvalue weighted by Crippen LogP contribution is -2.35. The monoisotopic (exact) mass is 291 g/mol. The van der Waals surface area contributed by atoms with E-state index >= 15 is 0 Å². The van der Waals surface area contributed by atoms with Gasteiger partial charge in [-0.15, -0.1) is 0 Å². The van der Waals surface area contributed by atoms with Crippen LogP contribution in [-0.4, -0.2) is 59.1 Å². The fraction of sp³-hybridized carbons (Fsp3) is 0.444. The molecular formula is C9H13N3O6S. The van der Waals surface area contributed by atoms with Crippen molar-refractivity contribution < 1.29 is 23.6 Å². The van der Waals surface area contributed by atoms with E-state index < -0.39 is 34.0 Å². The van der Waals surface area contributed by atoms with Crippen molar-refractivity contribution in [3.63, 3.8) is 0 Å². The standard InChI is InChI=1S/C9H13N3O6S/c13-5-3-11(4-6-14)19(17,18)8-1-2-9(10-7-8)12(15)16/h1-2,7,13-14H,3-6H2. The van der Waals surface area contributed by atoms with Crippen molar-refractivity contribution in [2.75, 3.05) is 26.3 Å². The third-order valence-corrected chi connectivity index (χ3v) is 4.13. The van der Waals surface area contributed by atoms with Crippen LogP contribution in [0.15, 0.2) is 23.2 Å². The topological polar surface area (TPSA) is 134 Å². The highest BCUT2D eigenvalue weighted by Gasteiger charge is 2.25. The highest BCUT2D eigenvalue weighted by atomic mass is 32.2. The van der Waals surface area contributed by atoms with Crippen molar-refractivity contribution in [2.45, 2.75) is 4.90 Å². The highest BCUT2D eigenvalue weighted by molar-refractivity contribution is 7.89. The number of aliphatic hydroxyl groups excluding tert-OH is 2. The van der Waals surface area contributed by atoms with E-state index in [-0.39, 0.29) is 18.0 Å². The largest absolute Gasteiger partial charge is 0.395 e. The maximum atomic E-state index is 12.1. The van der Waals surface area contributed by atoms with E-state index in [9.17, 15) is 18.5 Å². The van der Waals surface area contributed by atoms with E-state index in [0.29, 0.717) is 0 Å². The van der Waals surface area contributed by atoms with Gasteiger partial charge in [-0.3, -0.25) is 0 Å². The van der Waals surface area contributed by atoms with E-state index in [1.54, 1.807) is 0 Å². The molecule has 0 atom stereocenters. The zero-order valence-corrected chi connectivity index (χ0v) is 10.7. The number of aromatic nitrogens is 1. The zero-order valence-electron chi connectivity index (χ0n) is 9.84. The molecule has 0 aliphatic carbocycles. The summed E-state index contributed by atoms with van der Waals surface area (Å²) in [5.41, 5.74) is 0. The Morgan fingerprint density at radius 2 is 1.84 bits per heavy atom. The Hall–Kier alpha value is -1.62. The maximum absolute atomic E-state index is 12.1. The van der Waals surface area contributed by atoms with Crippen LogP contribution < -0.4 is 0 Å². The third-order valence-electron chi connectivity index (χ3n) is 2.24. The van der Waals surface area contributed by atoms with Crippen LogP contribution in [0.25, 0.3) is 0 Å². The fourth-order valence-electron chi connectivity index (χ4n) is 1.36. The van der Waals surface area contributed by atoms with Gasteiger partial charge in [-0.2, -0.15) is 4.31 Å². The molecule has 0 aromatic carbocycles. The molecular weight excluding hydrogens is 278 g/mol. The van der Waals surface area contributed by atoms with E-state index in [1.165, 1.54) is 0 Å². The first-order valence-corrected chi connectivity index (χ1v) is 6.69. The minimum atomic E-state index is -3.94. The average Bonchev–Trinajstić information content (AvgIpc) is 2.38. The van der Waals surface area contributed by atoms with Crippen LogP contribution in [-0.2, 0) is 10.0 Å². The molecule has 0 unspecified atom stereocenters. The van der Waals surface area contributed by atoms with Crippen molar-refractivity contribution in [3.05, 3.63) is 28.4 Å². The summed E-state index contributed by atoms with van der Waals surface area (Å²) in [5, 5.41) is 28.0. The number of hydrogen-bond donors (Lipinski definition) is 2. The van der Waals surface area contributed by atoms with Crippen molar-refractivity contribution >= 4 is 15.8 Å². The van der Waals surface area contributed by atoms with Crippen molar-refractivity contribution in [3.8, 4) is 0 Å². The Balaban J connectivity index is 3.07. The number of hydrogen-bond acceptors (Lipinski definition) is 7. The van der Waals surface area contributed by atoms with Gasteiger partial charge in [0, 0.05) is 19.2 Å². The van der Waals surface area contributed by atoms with Gasteiger partial charge in [0.1, 0.15) is 4.90 Å². The van der Waals surface area contributed by atoms with E-state index in [2.05, 4.69) is 4.98 Å². The Morgan fingerprint density at radius 1 is 1.26 bits per heavy atom. The first-order chi connectivity index (χ1) is 8.93. The summed E-state index contributed by atoms with van der Waals surface area (Å²) in [5.74, 6) is -0.463. The molecule has 1 heterocycles. The molecule has 1 rings (SSSR count). The second-order valence-electron chi connectivity index (χ2n) is 3.46. The summed E-state index contributed by atoms with van der Waals surface area (Å²) < 4.78 is 25.0. The molecule has 0 saturated carbocycles. The Morgan fingerprint density at radius 3 is 2.21 bits per heavy atom. The molecule has 0 bridgehead atoms. The summed E-state index contributed by atoms with van der Waals surface area (Å²) >= 11 is 0. The molecule has 10 heteroatoms. The fourth-order valence-corrected chi connectivity index (χ4v) is 2.73. The average molecular weight is 291 g/mol. The third kappa shape index (κ3) is 3.67. The number of aliphatic hydroxyl groups is 2. The summed E-state index contributed by atoms with van der Waals surface area (Å²) in [4.78, 5) is 12.9. The first kappa shape index (κ1) is 15.4. The number of sulfonamides is 1. The van der Waals surface area contributed by atoms with Crippen molar-refractivity contribution in [2.24, 2.45) is 0 Å². The minimum Gasteiger partial charge on any atom is -0.395 e. The summed E-state index contributed by atoms with van der Waals surface area (Å²) in [7, 11) is -3.94. The van der Waals surface area contributed by atoms with Crippen LogP contribution in [0, 0.1) is 10.1 Å². The van der Waals surface area contributed by atoms with Crippen molar-refractivity contribution in [1.29, 1.82) is 0 Å².